The van der Waals surface area contributed by atoms with Crippen LogP contribution in [0.2, 0.25) is 5.02 Å². The van der Waals surface area contributed by atoms with Crippen molar-refractivity contribution in [3.05, 3.63) is 63.5 Å². The molecule has 1 aromatic heterocycles. The molecule has 19 heavy (non-hydrogen) atoms. The fourth-order valence-electron chi connectivity index (χ4n) is 1.66. The second kappa shape index (κ2) is 6.20. The van der Waals surface area contributed by atoms with E-state index in [0.29, 0.717) is 29.2 Å². The van der Waals surface area contributed by atoms with E-state index in [1.165, 1.54) is 10.6 Å². The first-order valence-corrected chi connectivity index (χ1v) is 6.12. The van der Waals surface area contributed by atoms with Crippen molar-refractivity contribution >= 4 is 17.9 Å². The van der Waals surface area contributed by atoms with E-state index in [0.717, 1.165) is 0 Å². The van der Waals surface area contributed by atoms with Crippen LogP contribution in [0.3, 0.4) is 0 Å². The van der Waals surface area contributed by atoms with Gasteiger partial charge in [0.05, 0.1) is 17.1 Å². The largest absolute Gasteiger partial charge is 0.491 e. The number of hydrogen-bond donors (Lipinski definition) is 0. The Morgan fingerprint density at radius 3 is 2.79 bits per heavy atom. The van der Waals surface area contributed by atoms with Crippen LogP contribution in [0.15, 0.2) is 47.4 Å². The summed E-state index contributed by atoms with van der Waals surface area (Å²) in [6.45, 7) is 0.690. The maximum atomic E-state index is 11.5. The molecular formula is C14H12ClNO3. The number of benzene rings is 1. The van der Waals surface area contributed by atoms with Gasteiger partial charge >= 0.3 is 0 Å². The summed E-state index contributed by atoms with van der Waals surface area (Å²) < 4.78 is 7.03. The first-order valence-electron chi connectivity index (χ1n) is 5.74. The number of ether oxygens (including phenoxy) is 1. The van der Waals surface area contributed by atoms with Gasteiger partial charge in [-0.1, -0.05) is 23.7 Å². The van der Waals surface area contributed by atoms with E-state index in [1.807, 2.05) is 0 Å². The zero-order valence-corrected chi connectivity index (χ0v) is 10.8. The summed E-state index contributed by atoms with van der Waals surface area (Å²) in [7, 11) is 0. The van der Waals surface area contributed by atoms with Crippen LogP contribution in [-0.2, 0) is 6.54 Å². The van der Waals surface area contributed by atoms with Gasteiger partial charge in [-0.3, -0.25) is 9.59 Å². The molecule has 1 heterocycles. The molecular weight excluding hydrogens is 266 g/mol. The van der Waals surface area contributed by atoms with E-state index < -0.39 is 0 Å². The quantitative estimate of drug-likeness (QED) is 0.789. The molecule has 0 amide bonds. The fourth-order valence-corrected chi connectivity index (χ4v) is 1.87. The van der Waals surface area contributed by atoms with Crippen molar-refractivity contribution in [2.24, 2.45) is 0 Å². The van der Waals surface area contributed by atoms with Crippen LogP contribution in [0.4, 0.5) is 0 Å². The highest BCUT2D eigenvalue weighted by molar-refractivity contribution is 6.33. The summed E-state index contributed by atoms with van der Waals surface area (Å²) in [5.74, 6) is 0.423. The molecule has 0 bridgehead atoms. The summed E-state index contributed by atoms with van der Waals surface area (Å²) >= 11 is 5.88. The normalized spacial score (nSPS) is 10.2. The molecule has 0 unspecified atom stereocenters. The van der Waals surface area contributed by atoms with Crippen molar-refractivity contribution in [3.8, 4) is 5.75 Å². The molecule has 0 spiro atoms. The van der Waals surface area contributed by atoms with Gasteiger partial charge in [-0.25, -0.2) is 0 Å². The minimum Gasteiger partial charge on any atom is -0.491 e. The molecule has 0 fully saturated rings. The van der Waals surface area contributed by atoms with Gasteiger partial charge in [-0.15, -0.1) is 0 Å². The van der Waals surface area contributed by atoms with E-state index in [1.54, 1.807) is 36.5 Å². The van der Waals surface area contributed by atoms with Gasteiger partial charge in [-0.05, 0) is 18.2 Å². The van der Waals surface area contributed by atoms with Gasteiger partial charge in [-0.2, -0.15) is 0 Å². The topological polar surface area (TPSA) is 48.3 Å². The van der Waals surface area contributed by atoms with Gasteiger partial charge in [0.1, 0.15) is 12.4 Å². The van der Waals surface area contributed by atoms with Crippen LogP contribution in [0.1, 0.15) is 10.4 Å². The summed E-state index contributed by atoms with van der Waals surface area (Å²) in [5, 5.41) is 0.351. The summed E-state index contributed by atoms with van der Waals surface area (Å²) in [5.41, 5.74) is 0.234. The number of carbonyl (C=O) groups excluding carboxylic acids is 1. The van der Waals surface area contributed by atoms with Gasteiger partial charge < -0.3 is 9.30 Å². The van der Waals surface area contributed by atoms with Gasteiger partial charge in [0, 0.05) is 12.3 Å². The van der Waals surface area contributed by atoms with Crippen LogP contribution in [-0.4, -0.2) is 17.5 Å². The number of pyridine rings is 1. The van der Waals surface area contributed by atoms with Gasteiger partial charge in [0.2, 0.25) is 0 Å². The molecule has 98 valence electrons. The highest BCUT2D eigenvalue weighted by Gasteiger charge is 2.06. The predicted octanol–water partition coefficient (Wildman–Crippen LogP) is 2.39. The lowest BCUT2D eigenvalue weighted by atomic mass is 10.2. The Bertz CT molecular complexity index is 637. The molecule has 0 atom stereocenters. The molecule has 0 saturated carbocycles. The molecule has 4 nitrogen and oxygen atoms in total. The molecule has 2 aromatic rings. The molecule has 0 radical (unpaired) electrons. The smallest absolute Gasteiger partial charge is 0.250 e. The number of rotatable bonds is 5. The van der Waals surface area contributed by atoms with Crippen molar-refractivity contribution < 1.29 is 9.53 Å². The van der Waals surface area contributed by atoms with E-state index in [-0.39, 0.29) is 12.2 Å². The van der Waals surface area contributed by atoms with Crippen LogP contribution in [0, 0.1) is 0 Å². The highest BCUT2D eigenvalue weighted by Crippen LogP contribution is 2.24. The fraction of sp³-hybridized carbons (Fsp3) is 0.143. The van der Waals surface area contributed by atoms with E-state index in [2.05, 4.69) is 0 Å². The van der Waals surface area contributed by atoms with Crippen LogP contribution < -0.4 is 10.3 Å². The second-order valence-corrected chi connectivity index (χ2v) is 4.26. The lowest BCUT2D eigenvalue weighted by molar-refractivity contribution is 0.111. The van der Waals surface area contributed by atoms with Crippen LogP contribution in [0.25, 0.3) is 0 Å². The Morgan fingerprint density at radius 1 is 1.21 bits per heavy atom. The number of halogens is 1. The van der Waals surface area contributed by atoms with Gasteiger partial charge in [0.25, 0.3) is 5.56 Å². The third-order valence-electron chi connectivity index (χ3n) is 2.62. The molecule has 0 saturated heterocycles. The average molecular weight is 278 g/mol. The van der Waals surface area contributed by atoms with Crippen LogP contribution >= 0.6 is 11.6 Å². The average Bonchev–Trinajstić information content (AvgIpc) is 2.41. The zero-order valence-electron chi connectivity index (χ0n) is 10.1. The van der Waals surface area contributed by atoms with E-state index in [9.17, 15) is 9.59 Å². The molecule has 5 heteroatoms. The lowest BCUT2D eigenvalue weighted by Gasteiger charge is -2.10. The highest BCUT2D eigenvalue weighted by atomic mass is 35.5. The Labute approximate surface area is 115 Å². The number of hydrogen-bond acceptors (Lipinski definition) is 3. The molecule has 2 rings (SSSR count). The Kier molecular flexibility index (Phi) is 4.36. The Balaban J connectivity index is 2.04. The number of nitrogens with zero attached hydrogens (tertiary/aromatic N) is 1. The summed E-state index contributed by atoms with van der Waals surface area (Å²) in [4.78, 5) is 22.4. The third-order valence-corrected chi connectivity index (χ3v) is 2.95. The summed E-state index contributed by atoms with van der Waals surface area (Å²) in [6, 6.07) is 9.94. The van der Waals surface area contributed by atoms with E-state index >= 15 is 0 Å². The Hall–Kier alpha value is -2.07. The monoisotopic (exact) mass is 277 g/mol. The molecule has 0 N–H and O–H groups in total. The zero-order chi connectivity index (χ0) is 13.7. The third kappa shape index (κ3) is 3.23. The Morgan fingerprint density at radius 2 is 2.05 bits per heavy atom. The van der Waals surface area contributed by atoms with Crippen molar-refractivity contribution in [1.29, 1.82) is 0 Å². The van der Waals surface area contributed by atoms with Gasteiger partial charge in [0.15, 0.2) is 6.29 Å². The minimum atomic E-state index is -0.0900. The lowest BCUT2D eigenvalue weighted by Crippen LogP contribution is -2.21. The van der Waals surface area contributed by atoms with Crippen LogP contribution in [0.5, 0.6) is 5.75 Å². The number of aldehydes is 1. The first-order chi connectivity index (χ1) is 9.22. The summed E-state index contributed by atoms with van der Waals surface area (Å²) in [6.07, 6.45) is 2.34. The van der Waals surface area contributed by atoms with Crippen molar-refractivity contribution in [2.45, 2.75) is 6.54 Å². The standard InChI is InChI=1S/C14H12ClNO3/c15-12-4-3-5-13(11(12)10-17)19-9-8-16-7-2-1-6-14(16)18/h1-7,10H,8-9H2. The first kappa shape index (κ1) is 13.4. The number of carbonyl (C=O) groups is 1. The molecule has 0 aliphatic heterocycles. The molecule has 0 aliphatic rings. The minimum absolute atomic E-state index is 0.0900. The molecule has 0 aliphatic carbocycles. The second-order valence-electron chi connectivity index (χ2n) is 3.85. The predicted molar refractivity (Wildman–Crippen MR) is 73.0 cm³/mol. The maximum absolute atomic E-state index is 11.5. The van der Waals surface area contributed by atoms with Crippen molar-refractivity contribution in [2.75, 3.05) is 6.61 Å². The molecule has 1 aromatic carbocycles. The maximum Gasteiger partial charge on any atom is 0.250 e. The SMILES string of the molecule is O=Cc1c(Cl)cccc1OCCn1ccccc1=O. The van der Waals surface area contributed by atoms with E-state index in [4.69, 9.17) is 16.3 Å². The van der Waals surface area contributed by atoms with Crippen molar-refractivity contribution in [3.63, 3.8) is 0 Å². The van der Waals surface area contributed by atoms with Crippen molar-refractivity contribution in [1.82, 2.24) is 4.57 Å². The number of aromatic nitrogens is 1.